The number of anilines is 1. The number of amides is 2. The number of benzene rings is 1. The van der Waals surface area contributed by atoms with Gasteiger partial charge in [-0.2, -0.15) is 0 Å². The molecule has 4 rings (SSSR count). The van der Waals surface area contributed by atoms with E-state index in [1.165, 1.54) is 23.5 Å². The van der Waals surface area contributed by atoms with Crippen LogP contribution in [0.4, 0.5) is 5.69 Å². The van der Waals surface area contributed by atoms with Crippen LogP contribution < -0.4 is 21.5 Å². The topological polar surface area (TPSA) is 111 Å². The Balaban J connectivity index is 1.33. The van der Waals surface area contributed by atoms with E-state index in [0.29, 0.717) is 6.54 Å². The Bertz CT molecular complexity index is 1300. The van der Waals surface area contributed by atoms with Crippen molar-refractivity contribution in [2.75, 3.05) is 18.0 Å². The summed E-state index contributed by atoms with van der Waals surface area (Å²) >= 11 is 0. The highest BCUT2D eigenvalue weighted by atomic mass is 16.2. The van der Waals surface area contributed by atoms with E-state index in [1.54, 1.807) is 16.5 Å². The number of aromatic nitrogens is 4. The second-order valence-corrected chi connectivity index (χ2v) is 7.94. The summed E-state index contributed by atoms with van der Waals surface area (Å²) in [6.07, 6.45) is 3.70. The van der Waals surface area contributed by atoms with Crippen LogP contribution in [0, 0.1) is 0 Å². The van der Waals surface area contributed by atoms with Gasteiger partial charge < -0.3 is 14.8 Å². The normalized spacial score (nSPS) is 13.2. The van der Waals surface area contributed by atoms with Gasteiger partial charge in [0.2, 0.25) is 11.8 Å². The van der Waals surface area contributed by atoms with Crippen molar-refractivity contribution in [3.05, 3.63) is 57.0 Å². The van der Waals surface area contributed by atoms with Crippen LogP contribution in [-0.2, 0) is 36.6 Å². The van der Waals surface area contributed by atoms with E-state index in [1.807, 2.05) is 24.3 Å². The molecular weight excluding hydrogens is 412 g/mol. The standard InChI is InChI=1S/C22H26N6O4/c1-25-20-19(21(31)26(2)22(25)32)27(14-24-20)13-10-17(29)23-11-9-18(30)28-12-5-7-15-6-3-4-8-16(15)28/h3-4,6,8,14H,5,7,9-13H2,1-2H3,(H,23,29). The molecule has 10 heteroatoms. The monoisotopic (exact) mass is 438 g/mol. The zero-order valence-corrected chi connectivity index (χ0v) is 18.2. The average molecular weight is 438 g/mol. The molecule has 2 amide bonds. The first kappa shape index (κ1) is 21.5. The zero-order valence-electron chi connectivity index (χ0n) is 18.2. The Morgan fingerprint density at radius 3 is 2.69 bits per heavy atom. The van der Waals surface area contributed by atoms with Crippen LogP contribution in [0.25, 0.3) is 11.2 Å². The number of aryl methyl sites for hydroxylation is 3. The third kappa shape index (κ3) is 3.95. The molecule has 0 unspecified atom stereocenters. The van der Waals surface area contributed by atoms with Crippen LogP contribution in [0.3, 0.4) is 0 Å². The number of rotatable bonds is 6. The van der Waals surface area contributed by atoms with Crippen LogP contribution in [0.1, 0.15) is 24.8 Å². The minimum absolute atomic E-state index is 0.0116. The fourth-order valence-electron chi connectivity index (χ4n) is 4.11. The van der Waals surface area contributed by atoms with E-state index in [2.05, 4.69) is 10.3 Å². The van der Waals surface area contributed by atoms with Crippen molar-refractivity contribution < 1.29 is 9.59 Å². The summed E-state index contributed by atoms with van der Waals surface area (Å²) in [5.41, 5.74) is 1.79. The summed E-state index contributed by atoms with van der Waals surface area (Å²) < 4.78 is 3.90. The molecule has 0 radical (unpaired) electrons. The number of hydrogen-bond donors (Lipinski definition) is 1. The predicted octanol–water partition coefficient (Wildman–Crippen LogP) is 0.310. The van der Waals surface area contributed by atoms with E-state index in [0.717, 1.165) is 23.1 Å². The maximum absolute atomic E-state index is 12.7. The molecule has 2 aromatic heterocycles. The van der Waals surface area contributed by atoms with Crippen LogP contribution in [0.15, 0.2) is 40.2 Å². The molecule has 1 aliphatic heterocycles. The number of nitrogens with one attached hydrogen (secondary N) is 1. The number of imidazole rings is 1. The van der Waals surface area contributed by atoms with Crippen molar-refractivity contribution in [3.63, 3.8) is 0 Å². The number of hydrogen-bond acceptors (Lipinski definition) is 5. The quantitative estimate of drug-likeness (QED) is 0.595. The summed E-state index contributed by atoms with van der Waals surface area (Å²) in [7, 11) is 2.96. The number of carbonyl (C=O) groups excluding carboxylic acids is 2. The molecule has 0 atom stereocenters. The minimum atomic E-state index is -0.452. The maximum atomic E-state index is 12.7. The Kier molecular flexibility index (Phi) is 5.93. The molecule has 1 aromatic carbocycles. The summed E-state index contributed by atoms with van der Waals surface area (Å²) in [4.78, 5) is 55.4. The lowest BCUT2D eigenvalue weighted by atomic mass is 10.0. The molecule has 0 saturated carbocycles. The summed E-state index contributed by atoms with van der Waals surface area (Å²) in [6.45, 7) is 1.18. The Labute approximate surface area is 184 Å². The Morgan fingerprint density at radius 1 is 1.09 bits per heavy atom. The molecule has 0 aliphatic carbocycles. The lowest BCUT2D eigenvalue weighted by molar-refractivity contribution is -0.121. The van der Waals surface area contributed by atoms with Gasteiger partial charge in [0, 0.05) is 52.3 Å². The van der Waals surface area contributed by atoms with Gasteiger partial charge in [0.05, 0.1) is 6.33 Å². The van der Waals surface area contributed by atoms with E-state index in [4.69, 9.17) is 0 Å². The largest absolute Gasteiger partial charge is 0.356 e. The SMILES string of the molecule is Cn1c(=O)c2c(ncn2CCC(=O)NCCC(=O)N2CCCc3ccccc32)n(C)c1=O. The lowest BCUT2D eigenvalue weighted by Gasteiger charge is -2.29. The summed E-state index contributed by atoms with van der Waals surface area (Å²) in [6, 6.07) is 7.91. The fraction of sp³-hybridized carbons (Fsp3) is 0.409. The first-order chi connectivity index (χ1) is 15.4. The van der Waals surface area contributed by atoms with Gasteiger partial charge in [-0.1, -0.05) is 18.2 Å². The van der Waals surface area contributed by atoms with Gasteiger partial charge in [0.1, 0.15) is 0 Å². The number of carbonyl (C=O) groups is 2. The molecule has 1 N–H and O–H groups in total. The van der Waals surface area contributed by atoms with Crippen molar-refractivity contribution >= 4 is 28.7 Å². The fourth-order valence-corrected chi connectivity index (χ4v) is 4.11. The molecule has 0 saturated heterocycles. The predicted molar refractivity (Wildman–Crippen MR) is 120 cm³/mol. The molecule has 168 valence electrons. The number of nitrogens with zero attached hydrogens (tertiary/aromatic N) is 5. The van der Waals surface area contributed by atoms with E-state index in [-0.39, 0.29) is 48.9 Å². The molecule has 3 heterocycles. The molecule has 0 spiro atoms. The van der Waals surface area contributed by atoms with Crippen LogP contribution in [0.5, 0.6) is 0 Å². The highest BCUT2D eigenvalue weighted by molar-refractivity contribution is 5.94. The maximum Gasteiger partial charge on any atom is 0.332 e. The highest BCUT2D eigenvalue weighted by Gasteiger charge is 2.22. The van der Waals surface area contributed by atoms with E-state index in [9.17, 15) is 19.2 Å². The van der Waals surface area contributed by atoms with Crippen molar-refractivity contribution in [1.82, 2.24) is 24.0 Å². The van der Waals surface area contributed by atoms with Gasteiger partial charge >= 0.3 is 5.69 Å². The summed E-state index contributed by atoms with van der Waals surface area (Å²) in [5, 5.41) is 2.77. The van der Waals surface area contributed by atoms with Gasteiger partial charge in [0.15, 0.2) is 11.2 Å². The third-order valence-corrected chi connectivity index (χ3v) is 5.87. The van der Waals surface area contributed by atoms with Gasteiger partial charge in [-0.15, -0.1) is 0 Å². The smallest absolute Gasteiger partial charge is 0.332 e. The van der Waals surface area contributed by atoms with Crippen LogP contribution in [0.2, 0.25) is 0 Å². The molecule has 0 bridgehead atoms. The molecular formula is C22H26N6O4. The molecule has 32 heavy (non-hydrogen) atoms. The first-order valence-electron chi connectivity index (χ1n) is 10.6. The summed E-state index contributed by atoms with van der Waals surface area (Å²) in [5.74, 6) is -0.234. The average Bonchev–Trinajstić information content (AvgIpc) is 3.23. The van der Waals surface area contributed by atoms with Gasteiger partial charge in [-0.25, -0.2) is 9.78 Å². The molecule has 3 aromatic rings. The van der Waals surface area contributed by atoms with Crippen LogP contribution >= 0.6 is 0 Å². The second-order valence-electron chi connectivity index (χ2n) is 7.94. The van der Waals surface area contributed by atoms with Crippen molar-refractivity contribution in [2.24, 2.45) is 14.1 Å². The molecule has 1 aliphatic rings. The number of para-hydroxylation sites is 1. The molecule has 0 fully saturated rings. The highest BCUT2D eigenvalue weighted by Crippen LogP contribution is 2.27. The van der Waals surface area contributed by atoms with E-state index < -0.39 is 11.2 Å². The zero-order chi connectivity index (χ0) is 22.8. The van der Waals surface area contributed by atoms with Crippen molar-refractivity contribution in [1.29, 1.82) is 0 Å². The van der Waals surface area contributed by atoms with Gasteiger partial charge in [-0.05, 0) is 24.5 Å². The minimum Gasteiger partial charge on any atom is -0.356 e. The molecule has 10 nitrogen and oxygen atoms in total. The number of fused-ring (bicyclic) bond motifs is 2. The van der Waals surface area contributed by atoms with Gasteiger partial charge in [0.25, 0.3) is 5.56 Å². The van der Waals surface area contributed by atoms with E-state index >= 15 is 0 Å². The second kappa shape index (κ2) is 8.81. The van der Waals surface area contributed by atoms with Crippen LogP contribution in [-0.4, -0.2) is 43.6 Å². The Hall–Kier alpha value is -3.69. The van der Waals surface area contributed by atoms with Crippen molar-refractivity contribution in [3.8, 4) is 0 Å². The first-order valence-corrected chi connectivity index (χ1v) is 10.6. The third-order valence-electron chi connectivity index (χ3n) is 5.87. The van der Waals surface area contributed by atoms with Crippen molar-refractivity contribution in [2.45, 2.75) is 32.2 Å². The van der Waals surface area contributed by atoms with Gasteiger partial charge in [-0.3, -0.25) is 23.5 Å². The Morgan fingerprint density at radius 2 is 1.88 bits per heavy atom. The lowest BCUT2D eigenvalue weighted by Crippen LogP contribution is -2.38.